The molecule has 1 saturated heterocycles. The van der Waals surface area contributed by atoms with Crippen LogP contribution in [0.4, 0.5) is 5.82 Å². The summed E-state index contributed by atoms with van der Waals surface area (Å²) in [6.45, 7) is 2.28. The summed E-state index contributed by atoms with van der Waals surface area (Å²) in [5, 5.41) is 9.01. The summed E-state index contributed by atoms with van der Waals surface area (Å²) in [7, 11) is 1.95. The molecule has 2 rings (SSSR count). The Morgan fingerprint density at radius 1 is 1.60 bits per heavy atom. The smallest absolute Gasteiger partial charge is 0.147 e. The molecule has 1 aromatic heterocycles. The van der Waals surface area contributed by atoms with Gasteiger partial charge in [-0.25, -0.2) is 4.68 Å². The molecule has 0 aromatic carbocycles. The highest BCUT2D eigenvalue weighted by Gasteiger charge is 2.21. The molecule has 0 N–H and O–H groups in total. The van der Waals surface area contributed by atoms with Gasteiger partial charge in [-0.2, -0.15) is 0 Å². The molecule has 0 saturated carbocycles. The van der Waals surface area contributed by atoms with Crippen LogP contribution in [0.3, 0.4) is 0 Å². The highest BCUT2D eigenvalue weighted by Crippen LogP contribution is 2.24. The standard InChI is InChI=1S/C10H17BrN4/c1-14-10(7-12-13-14)15-6-2-3-9(8-15)4-5-11/h7,9H,2-6,8H2,1H3. The number of piperidine rings is 1. The minimum absolute atomic E-state index is 0.813. The molecular weight excluding hydrogens is 256 g/mol. The van der Waals surface area contributed by atoms with Crippen molar-refractivity contribution < 1.29 is 0 Å². The Kier molecular flexibility index (Phi) is 3.61. The largest absolute Gasteiger partial charge is 0.355 e. The third-order valence-corrected chi connectivity index (χ3v) is 3.51. The van der Waals surface area contributed by atoms with Gasteiger partial charge in [-0.3, -0.25) is 0 Å². The molecule has 2 heterocycles. The van der Waals surface area contributed by atoms with E-state index < -0.39 is 0 Å². The lowest BCUT2D eigenvalue weighted by molar-refractivity contribution is 0.403. The molecule has 1 atom stereocenters. The van der Waals surface area contributed by atoms with Crippen molar-refractivity contribution in [2.45, 2.75) is 19.3 Å². The lowest BCUT2D eigenvalue weighted by atomic mass is 9.96. The van der Waals surface area contributed by atoms with E-state index in [4.69, 9.17) is 0 Å². The van der Waals surface area contributed by atoms with Gasteiger partial charge in [0.25, 0.3) is 0 Å². The second-order valence-corrected chi connectivity index (χ2v) is 4.94. The third-order valence-electron chi connectivity index (χ3n) is 3.05. The quantitative estimate of drug-likeness (QED) is 0.788. The number of aromatic nitrogens is 3. The normalized spacial score (nSPS) is 22.0. The molecule has 0 amide bonds. The average molecular weight is 273 g/mol. The molecule has 0 aliphatic carbocycles. The van der Waals surface area contributed by atoms with Crippen LogP contribution in [-0.4, -0.2) is 33.4 Å². The monoisotopic (exact) mass is 272 g/mol. The Morgan fingerprint density at radius 2 is 2.47 bits per heavy atom. The second kappa shape index (κ2) is 4.96. The van der Waals surface area contributed by atoms with Crippen LogP contribution in [-0.2, 0) is 7.05 Å². The predicted molar refractivity (Wildman–Crippen MR) is 64.4 cm³/mol. The van der Waals surface area contributed by atoms with E-state index in [0.717, 1.165) is 30.2 Å². The number of anilines is 1. The zero-order chi connectivity index (χ0) is 10.7. The first-order valence-corrected chi connectivity index (χ1v) is 6.59. The van der Waals surface area contributed by atoms with Crippen LogP contribution in [0.15, 0.2) is 6.20 Å². The number of aryl methyl sites for hydroxylation is 1. The highest BCUT2D eigenvalue weighted by atomic mass is 79.9. The Morgan fingerprint density at radius 3 is 3.13 bits per heavy atom. The van der Waals surface area contributed by atoms with E-state index in [1.807, 2.05) is 17.9 Å². The Labute approximate surface area is 98.8 Å². The maximum Gasteiger partial charge on any atom is 0.147 e. The number of nitrogens with zero attached hydrogens (tertiary/aromatic N) is 4. The molecule has 1 unspecified atom stereocenters. The summed E-state index contributed by atoms with van der Waals surface area (Å²) in [5.74, 6) is 1.96. The molecule has 15 heavy (non-hydrogen) atoms. The van der Waals surface area contributed by atoms with Gasteiger partial charge in [0.2, 0.25) is 0 Å². The fraction of sp³-hybridized carbons (Fsp3) is 0.800. The van der Waals surface area contributed by atoms with Gasteiger partial charge < -0.3 is 4.90 Å². The van der Waals surface area contributed by atoms with Gasteiger partial charge in [-0.05, 0) is 25.2 Å². The van der Waals surface area contributed by atoms with Crippen LogP contribution in [0.2, 0.25) is 0 Å². The molecule has 1 aliphatic rings. The lowest BCUT2D eigenvalue weighted by Gasteiger charge is -2.33. The van der Waals surface area contributed by atoms with E-state index in [-0.39, 0.29) is 0 Å². The first kappa shape index (κ1) is 10.9. The zero-order valence-electron chi connectivity index (χ0n) is 9.06. The molecule has 0 bridgehead atoms. The number of alkyl halides is 1. The number of rotatable bonds is 3. The Balaban J connectivity index is 2.01. The fourth-order valence-electron chi connectivity index (χ4n) is 2.23. The van der Waals surface area contributed by atoms with E-state index in [0.29, 0.717) is 0 Å². The number of hydrogen-bond donors (Lipinski definition) is 0. The summed E-state index contributed by atoms with van der Waals surface area (Å²) >= 11 is 3.52. The molecule has 1 aromatic rings. The molecular formula is C10H17BrN4. The molecule has 0 radical (unpaired) electrons. The second-order valence-electron chi connectivity index (χ2n) is 4.15. The van der Waals surface area contributed by atoms with Gasteiger partial charge >= 0.3 is 0 Å². The zero-order valence-corrected chi connectivity index (χ0v) is 10.7. The van der Waals surface area contributed by atoms with Crippen LogP contribution in [0.25, 0.3) is 0 Å². The minimum atomic E-state index is 0.813. The maximum atomic E-state index is 3.98. The highest BCUT2D eigenvalue weighted by molar-refractivity contribution is 9.09. The van der Waals surface area contributed by atoms with Crippen molar-refractivity contribution in [3.8, 4) is 0 Å². The maximum absolute atomic E-state index is 3.98. The van der Waals surface area contributed by atoms with E-state index in [1.54, 1.807) is 0 Å². The SMILES string of the molecule is Cn1nncc1N1CCCC(CCBr)C1. The van der Waals surface area contributed by atoms with Gasteiger partial charge in [-0.1, -0.05) is 21.1 Å². The van der Waals surface area contributed by atoms with Crippen molar-refractivity contribution in [2.24, 2.45) is 13.0 Å². The number of hydrogen-bond acceptors (Lipinski definition) is 3. The summed E-state index contributed by atoms with van der Waals surface area (Å²) in [4.78, 5) is 2.40. The molecule has 84 valence electrons. The minimum Gasteiger partial charge on any atom is -0.355 e. The van der Waals surface area contributed by atoms with Crippen LogP contribution in [0.1, 0.15) is 19.3 Å². The van der Waals surface area contributed by atoms with Gasteiger partial charge in [-0.15, -0.1) is 5.10 Å². The molecule has 1 aliphatic heterocycles. The molecule has 4 nitrogen and oxygen atoms in total. The molecule has 5 heteroatoms. The summed E-state index contributed by atoms with van der Waals surface area (Å²) in [6.07, 6.45) is 5.76. The van der Waals surface area contributed by atoms with Crippen LogP contribution >= 0.6 is 15.9 Å². The van der Waals surface area contributed by atoms with Gasteiger partial charge in [0.05, 0.1) is 6.20 Å². The Hall–Kier alpha value is -0.580. The summed E-state index contributed by atoms with van der Waals surface area (Å²) < 4.78 is 1.86. The lowest BCUT2D eigenvalue weighted by Crippen LogP contribution is -2.36. The van der Waals surface area contributed by atoms with Crippen molar-refractivity contribution in [2.75, 3.05) is 23.3 Å². The van der Waals surface area contributed by atoms with Crippen LogP contribution < -0.4 is 4.90 Å². The average Bonchev–Trinajstić information content (AvgIpc) is 2.65. The predicted octanol–water partition coefficient (Wildman–Crippen LogP) is 1.82. The van der Waals surface area contributed by atoms with Crippen molar-refractivity contribution in [1.29, 1.82) is 0 Å². The van der Waals surface area contributed by atoms with Gasteiger partial charge in [0.15, 0.2) is 0 Å². The summed E-state index contributed by atoms with van der Waals surface area (Å²) in [5.41, 5.74) is 0. The van der Waals surface area contributed by atoms with E-state index >= 15 is 0 Å². The van der Waals surface area contributed by atoms with Crippen LogP contribution in [0, 0.1) is 5.92 Å². The first-order valence-electron chi connectivity index (χ1n) is 5.47. The molecule has 1 fully saturated rings. The fourth-order valence-corrected chi connectivity index (χ4v) is 2.88. The van der Waals surface area contributed by atoms with E-state index in [2.05, 4.69) is 31.1 Å². The van der Waals surface area contributed by atoms with Crippen molar-refractivity contribution in [1.82, 2.24) is 15.0 Å². The first-order chi connectivity index (χ1) is 7.31. The van der Waals surface area contributed by atoms with Gasteiger partial charge in [0, 0.05) is 25.5 Å². The Bertz CT molecular complexity index is 310. The van der Waals surface area contributed by atoms with E-state index in [9.17, 15) is 0 Å². The molecule has 0 spiro atoms. The van der Waals surface area contributed by atoms with Gasteiger partial charge in [0.1, 0.15) is 5.82 Å². The summed E-state index contributed by atoms with van der Waals surface area (Å²) in [6, 6.07) is 0. The van der Waals surface area contributed by atoms with Crippen LogP contribution in [0.5, 0.6) is 0 Å². The van der Waals surface area contributed by atoms with E-state index in [1.165, 1.54) is 19.3 Å². The van der Waals surface area contributed by atoms with Crippen molar-refractivity contribution in [3.63, 3.8) is 0 Å². The topological polar surface area (TPSA) is 34.0 Å². The number of halogens is 1. The van der Waals surface area contributed by atoms with Crippen molar-refractivity contribution in [3.05, 3.63) is 6.20 Å². The van der Waals surface area contributed by atoms with Crippen molar-refractivity contribution >= 4 is 21.7 Å². The third kappa shape index (κ3) is 2.51.